The average Bonchev–Trinajstić information content (AvgIpc) is 2.20. The van der Waals surface area contributed by atoms with Crippen molar-refractivity contribution in [3.05, 3.63) is 35.1 Å². The summed E-state index contributed by atoms with van der Waals surface area (Å²) in [6.45, 7) is 5.07. The van der Waals surface area contributed by atoms with Gasteiger partial charge < -0.3 is 10.5 Å². The van der Waals surface area contributed by atoms with Crippen LogP contribution in [0.5, 0.6) is 0 Å². The highest BCUT2D eigenvalue weighted by atomic mass is 19.1. The molecule has 0 radical (unpaired) electrons. The fraction of sp³-hybridized carbons (Fsp3) is 0.500. The van der Waals surface area contributed by atoms with E-state index in [1.54, 1.807) is 12.1 Å². The second-order valence-electron chi connectivity index (χ2n) is 3.69. The molecule has 0 aliphatic heterocycles. The maximum absolute atomic E-state index is 13.0. The van der Waals surface area contributed by atoms with Gasteiger partial charge in [-0.2, -0.15) is 0 Å². The van der Waals surface area contributed by atoms with Crippen molar-refractivity contribution in [2.45, 2.75) is 26.3 Å². The van der Waals surface area contributed by atoms with Gasteiger partial charge in [-0.05, 0) is 43.5 Å². The minimum atomic E-state index is -0.209. The Morgan fingerprint density at radius 3 is 2.87 bits per heavy atom. The number of benzene rings is 1. The predicted octanol–water partition coefficient (Wildman–Crippen LogP) is 2.04. The molecule has 0 heterocycles. The molecule has 0 aromatic heterocycles. The molecular formula is C12H18FNO. The highest BCUT2D eigenvalue weighted by molar-refractivity contribution is 5.27. The number of ether oxygens (including phenoxy) is 1. The van der Waals surface area contributed by atoms with Gasteiger partial charge in [0.05, 0.1) is 6.61 Å². The van der Waals surface area contributed by atoms with Crippen LogP contribution in [0, 0.1) is 12.7 Å². The van der Waals surface area contributed by atoms with Crippen molar-refractivity contribution >= 4 is 0 Å². The maximum atomic E-state index is 13.0. The standard InChI is InChI=1S/C12H18FNO/c1-3-15-8-12(14)7-10-6-11(13)5-4-9(10)2/h4-6,12H,3,7-8,14H2,1-2H3. The van der Waals surface area contributed by atoms with Crippen molar-refractivity contribution in [2.24, 2.45) is 5.73 Å². The lowest BCUT2D eigenvalue weighted by atomic mass is 10.0. The molecule has 0 aliphatic carbocycles. The Bertz CT molecular complexity index is 314. The van der Waals surface area contributed by atoms with Crippen LogP contribution < -0.4 is 5.73 Å². The van der Waals surface area contributed by atoms with E-state index in [0.29, 0.717) is 19.6 Å². The topological polar surface area (TPSA) is 35.2 Å². The third-order valence-electron chi connectivity index (χ3n) is 2.33. The smallest absolute Gasteiger partial charge is 0.123 e. The number of nitrogens with two attached hydrogens (primary N) is 1. The average molecular weight is 211 g/mol. The van der Waals surface area contributed by atoms with Gasteiger partial charge in [-0.3, -0.25) is 0 Å². The van der Waals surface area contributed by atoms with Gasteiger partial charge in [0.25, 0.3) is 0 Å². The van der Waals surface area contributed by atoms with E-state index in [-0.39, 0.29) is 11.9 Å². The third kappa shape index (κ3) is 3.98. The number of halogens is 1. The Morgan fingerprint density at radius 1 is 1.47 bits per heavy atom. The van der Waals surface area contributed by atoms with Crippen molar-refractivity contribution in [3.63, 3.8) is 0 Å². The fourth-order valence-corrected chi connectivity index (χ4v) is 1.47. The van der Waals surface area contributed by atoms with Gasteiger partial charge in [0.15, 0.2) is 0 Å². The summed E-state index contributed by atoms with van der Waals surface area (Å²) < 4.78 is 18.2. The summed E-state index contributed by atoms with van der Waals surface area (Å²) in [6, 6.07) is 4.72. The van der Waals surface area contributed by atoms with Gasteiger partial charge in [-0.25, -0.2) is 4.39 Å². The second kappa shape index (κ2) is 5.83. The zero-order valence-electron chi connectivity index (χ0n) is 9.29. The largest absolute Gasteiger partial charge is 0.380 e. The van der Waals surface area contributed by atoms with Gasteiger partial charge in [0, 0.05) is 12.6 Å². The molecule has 2 N–H and O–H groups in total. The van der Waals surface area contributed by atoms with Crippen LogP contribution >= 0.6 is 0 Å². The molecule has 84 valence electrons. The molecule has 0 spiro atoms. The van der Waals surface area contributed by atoms with Crippen LogP contribution in [-0.4, -0.2) is 19.3 Å². The molecule has 0 aliphatic rings. The summed E-state index contributed by atoms with van der Waals surface area (Å²) in [6.07, 6.45) is 0.656. The van der Waals surface area contributed by atoms with Crippen molar-refractivity contribution in [1.82, 2.24) is 0 Å². The van der Waals surface area contributed by atoms with Crippen molar-refractivity contribution in [1.29, 1.82) is 0 Å². The summed E-state index contributed by atoms with van der Waals surface area (Å²) in [7, 11) is 0. The Labute approximate surface area is 90.2 Å². The van der Waals surface area contributed by atoms with Crippen LogP contribution in [0.2, 0.25) is 0 Å². The predicted molar refractivity (Wildman–Crippen MR) is 59.3 cm³/mol. The van der Waals surface area contributed by atoms with Crippen molar-refractivity contribution < 1.29 is 9.13 Å². The van der Waals surface area contributed by atoms with Crippen molar-refractivity contribution in [2.75, 3.05) is 13.2 Å². The molecule has 1 aromatic carbocycles. The lowest BCUT2D eigenvalue weighted by molar-refractivity contribution is 0.133. The monoisotopic (exact) mass is 211 g/mol. The van der Waals surface area contributed by atoms with E-state index >= 15 is 0 Å². The lowest BCUT2D eigenvalue weighted by Gasteiger charge is -2.13. The highest BCUT2D eigenvalue weighted by Crippen LogP contribution is 2.12. The molecule has 0 amide bonds. The summed E-state index contributed by atoms with van der Waals surface area (Å²) in [5, 5.41) is 0. The molecule has 1 aromatic rings. The zero-order valence-corrected chi connectivity index (χ0v) is 9.29. The van der Waals surface area contributed by atoms with Gasteiger partial charge >= 0.3 is 0 Å². The summed E-state index contributed by atoms with van der Waals surface area (Å²) in [5.74, 6) is -0.209. The lowest BCUT2D eigenvalue weighted by Crippen LogP contribution is -2.29. The van der Waals surface area contributed by atoms with E-state index in [9.17, 15) is 4.39 Å². The quantitative estimate of drug-likeness (QED) is 0.809. The summed E-state index contributed by atoms with van der Waals surface area (Å²) in [4.78, 5) is 0. The summed E-state index contributed by atoms with van der Waals surface area (Å²) in [5.41, 5.74) is 7.90. The van der Waals surface area contributed by atoms with Crippen LogP contribution in [0.4, 0.5) is 4.39 Å². The molecule has 1 unspecified atom stereocenters. The van der Waals surface area contributed by atoms with Crippen LogP contribution in [0.15, 0.2) is 18.2 Å². The van der Waals surface area contributed by atoms with E-state index in [0.717, 1.165) is 11.1 Å². The molecule has 0 saturated heterocycles. The van der Waals surface area contributed by atoms with E-state index in [1.165, 1.54) is 6.07 Å². The molecule has 2 nitrogen and oxygen atoms in total. The Balaban J connectivity index is 2.59. The van der Waals surface area contributed by atoms with Gasteiger partial charge in [0.2, 0.25) is 0 Å². The first-order valence-electron chi connectivity index (χ1n) is 5.21. The summed E-state index contributed by atoms with van der Waals surface area (Å²) >= 11 is 0. The first kappa shape index (κ1) is 12.1. The van der Waals surface area contributed by atoms with E-state index in [1.807, 2.05) is 13.8 Å². The minimum Gasteiger partial charge on any atom is -0.380 e. The van der Waals surface area contributed by atoms with Gasteiger partial charge in [-0.1, -0.05) is 6.07 Å². The molecule has 0 saturated carbocycles. The Hall–Kier alpha value is -0.930. The minimum absolute atomic E-state index is 0.0644. The molecule has 0 fully saturated rings. The Kier molecular flexibility index (Phi) is 4.72. The van der Waals surface area contributed by atoms with Gasteiger partial charge in [0.1, 0.15) is 5.82 Å². The fourth-order valence-electron chi connectivity index (χ4n) is 1.47. The SMILES string of the molecule is CCOCC(N)Cc1cc(F)ccc1C. The van der Waals surface area contributed by atoms with E-state index in [2.05, 4.69) is 0 Å². The number of hydrogen-bond donors (Lipinski definition) is 1. The van der Waals surface area contributed by atoms with Crippen LogP contribution in [0.25, 0.3) is 0 Å². The molecule has 3 heteroatoms. The Morgan fingerprint density at radius 2 is 2.20 bits per heavy atom. The van der Waals surface area contributed by atoms with Crippen LogP contribution in [-0.2, 0) is 11.2 Å². The number of hydrogen-bond acceptors (Lipinski definition) is 2. The second-order valence-corrected chi connectivity index (χ2v) is 3.69. The number of aryl methyl sites for hydroxylation is 1. The third-order valence-corrected chi connectivity index (χ3v) is 2.33. The van der Waals surface area contributed by atoms with E-state index in [4.69, 9.17) is 10.5 Å². The van der Waals surface area contributed by atoms with Crippen molar-refractivity contribution in [3.8, 4) is 0 Å². The normalized spacial score (nSPS) is 12.8. The van der Waals surface area contributed by atoms with Gasteiger partial charge in [-0.15, -0.1) is 0 Å². The molecule has 1 atom stereocenters. The highest BCUT2D eigenvalue weighted by Gasteiger charge is 2.07. The van der Waals surface area contributed by atoms with Crippen LogP contribution in [0.3, 0.4) is 0 Å². The molecule has 15 heavy (non-hydrogen) atoms. The number of rotatable bonds is 5. The van der Waals surface area contributed by atoms with E-state index < -0.39 is 0 Å². The maximum Gasteiger partial charge on any atom is 0.123 e. The first-order valence-corrected chi connectivity index (χ1v) is 5.21. The zero-order chi connectivity index (χ0) is 11.3. The first-order chi connectivity index (χ1) is 7.13. The molecule has 1 rings (SSSR count). The van der Waals surface area contributed by atoms with Crippen LogP contribution in [0.1, 0.15) is 18.1 Å². The molecule has 0 bridgehead atoms. The molecular weight excluding hydrogens is 193 g/mol.